The Morgan fingerprint density at radius 3 is 2.26 bits per heavy atom. The van der Waals surface area contributed by atoms with Gasteiger partial charge in [0.05, 0.1) is 23.7 Å². The monoisotopic (exact) mass is 466 g/mol. The first-order chi connectivity index (χ1) is 17.1. The molecule has 0 radical (unpaired) electrons. The summed E-state index contributed by atoms with van der Waals surface area (Å²) in [5, 5.41) is 10.1. The van der Waals surface area contributed by atoms with E-state index in [4.69, 9.17) is 1.37 Å². The molecule has 174 valence electrons. The van der Waals surface area contributed by atoms with Gasteiger partial charge in [-0.25, -0.2) is 14.2 Å². The van der Waals surface area contributed by atoms with Crippen molar-refractivity contribution >= 4 is 16.9 Å². The number of carbonyl (C=O) groups is 1. The second-order valence-corrected chi connectivity index (χ2v) is 9.33. The van der Waals surface area contributed by atoms with Crippen LogP contribution in [0.5, 0.6) is 0 Å². The fraction of sp³-hybridized carbons (Fsp3) is 0.143. The molecular formula is C28H23N3O4. The van der Waals surface area contributed by atoms with Crippen molar-refractivity contribution in [2.24, 2.45) is 0 Å². The summed E-state index contributed by atoms with van der Waals surface area (Å²) in [6, 6.07) is 20.5. The Hall–Kier alpha value is -4.52. The largest absolute Gasteiger partial charge is 0.478 e. The van der Waals surface area contributed by atoms with Crippen molar-refractivity contribution < 1.29 is 11.3 Å². The van der Waals surface area contributed by atoms with Crippen molar-refractivity contribution in [1.82, 2.24) is 14.1 Å². The summed E-state index contributed by atoms with van der Waals surface area (Å²) >= 11 is 0. The minimum Gasteiger partial charge on any atom is -0.478 e. The Bertz CT molecular complexity index is 1740. The molecule has 0 fully saturated rings. The van der Waals surface area contributed by atoms with E-state index in [1.54, 1.807) is 16.7 Å². The van der Waals surface area contributed by atoms with E-state index in [2.05, 4.69) is 25.8 Å². The average molecular weight is 467 g/mol. The Morgan fingerprint density at radius 1 is 0.914 bits per heavy atom. The van der Waals surface area contributed by atoms with Crippen LogP contribution in [0.25, 0.3) is 33.7 Å². The van der Waals surface area contributed by atoms with Crippen molar-refractivity contribution in [1.29, 1.82) is 0 Å². The van der Waals surface area contributed by atoms with Crippen LogP contribution in [0.4, 0.5) is 0 Å². The molecule has 2 aliphatic rings. The van der Waals surface area contributed by atoms with Gasteiger partial charge in [0.1, 0.15) is 0 Å². The Kier molecular flexibility index (Phi) is 4.84. The number of aromatic carboxylic acids is 1. The first-order valence-electron chi connectivity index (χ1n) is 11.6. The summed E-state index contributed by atoms with van der Waals surface area (Å²) in [6.45, 7) is 6.33. The normalized spacial score (nSPS) is 12.1. The number of carboxylic acids is 1. The number of pyridine rings is 1. The SMILES string of the molecule is [2H]c1c2c(=O)n(-c3ccccc3C(=O)O)c(=O)nc-2n(-c2ccc(C(C)(C)C)cc2)c2ccccc12. The Balaban J connectivity index is 1.91. The Morgan fingerprint density at radius 2 is 1.57 bits per heavy atom. The number of para-hydroxylation sites is 2. The van der Waals surface area contributed by atoms with E-state index >= 15 is 0 Å². The van der Waals surface area contributed by atoms with E-state index < -0.39 is 17.2 Å². The first-order valence-corrected chi connectivity index (χ1v) is 11.1. The number of aromatic nitrogens is 3. The van der Waals surface area contributed by atoms with Crippen LogP contribution in [-0.4, -0.2) is 25.2 Å². The minimum absolute atomic E-state index is 0.0428. The van der Waals surface area contributed by atoms with Gasteiger partial charge in [-0.2, -0.15) is 4.98 Å². The number of fused-ring (bicyclic) bond motifs is 2. The van der Waals surface area contributed by atoms with Gasteiger partial charge in [0.15, 0.2) is 5.82 Å². The van der Waals surface area contributed by atoms with Gasteiger partial charge in [-0.1, -0.05) is 63.2 Å². The molecule has 0 atom stereocenters. The highest BCUT2D eigenvalue weighted by Crippen LogP contribution is 2.30. The molecule has 0 unspecified atom stereocenters. The molecule has 0 saturated heterocycles. The maximum absolute atomic E-state index is 13.8. The van der Waals surface area contributed by atoms with Gasteiger partial charge in [0.25, 0.3) is 5.56 Å². The number of benzene rings is 3. The number of nitrogens with zero attached hydrogens (tertiary/aromatic N) is 3. The molecular weight excluding hydrogens is 442 g/mol. The first kappa shape index (κ1) is 21.0. The molecule has 0 aromatic heterocycles. The molecule has 2 aliphatic heterocycles. The molecule has 2 heterocycles. The summed E-state index contributed by atoms with van der Waals surface area (Å²) in [7, 11) is 0. The molecule has 0 saturated carbocycles. The zero-order valence-electron chi connectivity index (χ0n) is 20.4. The highest BCUT2D eigenvalue weighted by molar-refractivity contribution is 5.92. The van der Waals surface area contributed by atoms with Crippen LogP contribution in [-0.2, 0) is 5.41 Å². The fourth-order valence-electron chi connectivity index (χ4n) is 4.22. The summed E-state index contributed by atoms with van der Waals surface area (Å²) in [6.07, 6.45) is 0. The van der Waals surface area contributed by atoms with Gasteiger partial charge < -0.3 is 5.11 Å². The molecule has 5 rings (SSSR count). The molecule has 3 aromatic rings. The molecule has 0 spiro atoms. The van der Waals surface area contributed by atoms with E-state index in [9.17, 15) is 19.5 Å². The predicted octanol–water partition coefficient (Wildman–Crippen LogP) is 4.64. The van der Waals surface area contributed by atoms with Crippen LogP contribution in [0, 0.1) is 0 Å². The van der Waals surface area contributed by atoms with E-state index in [-0.39, 0.29) is 34.1 Å². The Labute approximate surface area is 202 Å². The van der Waals surface area contributed by atoms with Gasteiger partial charge in [-0.05, 0) is 52.7 Å². The summed E-state index contributed by atoms with van der Waals surface area (Å²) in [4.78, 5) is 43.0. The number of rotatable bonds is 3. The molecule has 1 N–H and O–H groups in total. The smallest absolute Gasteiger partial charge is 0.357 e. The molecule has 7 nitrogen and oxygen atoms in total. The number of carboxylic acid groups (broad SMARTS) is 1. The third-order valence-corrected chi connectivity index (χ3v) is 6.02. The lowest BCUT2D eigenvalue weighted by molar-refractivity contribution is 0.0697. The van der Waals surface area contributed by atoms with Crippen LogP contribution >= 0.6 is 0 Å². The van der Waals surface area contributed by atoms with Gasteiger partial charge in [-0.15, -0.1) is 0 Å². The van der Waals surface area contributed by atoms with E-state index in [0.717, 1.165) is 10.1 Å². The molecule has 7 heteroatoms. The second kappa shape index (κ2) is 8.06. The second-order valence-electron chi connectivity index (χ2n) is 9.33. The molecule has 3 aromatic carbocycles. The molecule has 0 aliphatic carbocycles. The van der Waals surface area contributed by atoms with Crippen LogP contribution in [0.2, 0.25) is 0 Å². The van der Waals surface area contributed by atoms with Crippen molar-refractivity contribution in [2.75, 3.05) is 0 Å². The lowest BCUT2D eigenvalue weighted by Crippen LogP contribution is -2.37. The quantitative estimate of drug-likeness (QED) is 0.391. The topological polar surface area (TPSA) is 94.2 Å². The van der Waals surface area contributed by atoms with Crippen LogP contribution in [0.3, 0.4) is 0 Å². The van der Waals surface area contributed by atoms with E-state index in [1.165, 1.54) is 24.3 Å². The molecule has 0 bridgehead atoms. The number of hydrogen-bond donors (Lipinski definition) is 1. The third-order valence-electron chi connectivity index (χ3n) is 6.02. The maximum Gasteiger partial charge on any atom is 0.357 e. The lowest BCUT2D eigenvalue weighted by atomic mass is 9.87. The van der Waals surface area contributed by atoms with Gasteiger partial charge in [0, 0.05) is 5.69 Å². The van der Waals surface area contributed by atoms with E-state index in [1.807, 2.05) is 36.4 Å². The van der Waals surface area contributed by atoms with Gasteiger partial charge in [0.2, 0.25) is 0 Å². The van der Waals surface area contributed by atoms with Crippen molar-refractivity contribution in [3.05, 3.63) is 111 Å². The predicted molar refractivity (Wildman–Crippen MR) is 135 cm³/mol. The average Bonchev–Trinajstić information content (AvgIpc) is 2.84. The van der Waals surface area contributed by atoms with Gasteiger partial charge >= 0.3 is 11.7 Å². The highest BCUT2D eigenvalue weighted by Gasteiger charge is 2.24. The van der Waals surface area contributed by atoms with Crippen molar-refractivity contribution in [3.8, 4) is 22.8 Å². The van der Waals surface area contributed by atoms with Crippen LogP contribution in [0.1, 0.15) is 38.1 Å². The van der Waals surface area contributed by atoms with Crippen molar-refractivity contribution in [3.63, 3.8) is 0 Å². The van der Waals surface area contributed by atoms with Crippen LogP contribution < -0.4 is 11.2 Å². The highest BCUT2D eigenvalue weighted by atomic mass is 16.4. The van der Waals surface area contributed by atoms with Gasteiger partial charge in [-0.3, -0.25) is 9.36 Å². The molecule has 0 amide bonds. The molecule has 35 heavy (non-hydrogen) atoms. The minimum atomic E-state index is -1.28. The fourth-order valence-corrected chi connectivity index (χ4v) is 4.22. The van der Waals surface area contributed by atoms with E-state index in [0.29, 0.717) is 16.6 Å². The third kappa shape index (κ3) is 3.71. The van der Waals surface area contributed by atoms with Crippen LogP contribution in [0.15, 0.2) is 88.4 Å². The number of hydrogen-bond acceptors (Lipinski definition) is 4. The van der Waals surface area contributed by atoms with Crippen molar-refractivity contribution in [2.45, 2.75) is 26.2 Å². The zero-order valence-corrected chi connectivity index (χ0v) is 19.4. The zero-order chi connectivity index (χ0) is 25.8. The summed E-state index contributed by atoms with van der Waals surface area (Å²) < 4.78 is 11.3. The maximum atomic E-state index is 13.8. The standard InChI is InChI=1S/C28H23N3O4/c1-28(2,3)18-12-14-19(15-13-18)30-22-10-6-4-8-17(22)16-21-24(30)29-27(35)31(25(21)32)23-11-7-5-9-20(23)26(33)34/h4-16H,1-3H3,(H,33,34)/i16D. The summed E-state index contributed by atoms with van der Waals surface area (Å²) in [5.74, 6) is -1.24. The lowest BCUT2D eigenvalue weighted by Gasteiger charge is -2.22. The summed E-state index contributed by atoms with van der Waals surface area (Å²) in [5.41, 5.74) is 0.248.